The Morgan fingerprint density at radius 2 is 2.22 bits per heavy atom. The van der Waals surface area contributed by atoms with E-state index in [2.05, 4.69) is 4.98 Å². The minimum absolute atomic E-state index is 0.138. The van der Waals surface area contributed by atoms with Gasteiger partial charge in [0.15, 0.2) is 0 Å². The van der Waals surface area contributed by atoms with Gasteiger partial charge in [0.25, 0.3) is 0 Å². The standard InChI is InChI=1S/C14H19N3O/c1-17-13(18)10-4-6-14(17,7-5-10)12(15)11-3-2-8-16-9-11/h2-3,8-10,12H,4-7,15H2,1H3. The molecule has 4 rings (SSSR count). The van der Waals surface area contributed by atoms with E-state index in [1.54, 1.807) is 6.20 Å². The average Bonchev–Trinajstić information content (AvgIpc) is 2.45. The number of carbonyl (C=O) groups is 1. The van der Waals surface area contributed by atoms with Gasteiger partial charge in [-0.15, -0.1) is 0 Å². The molecule has 1 aromatic heterocycles. The Kier molecular flexibility index (Phi) is 2.63. The zero-order valence-electron chi connectivity index (χ0n) is 10.7. The zero-order valence-corrected chi connectivity index (χ0v) is 10.7. The van der Waals surface area contributed by atoms with Crippen LogP contribution >= 0.6 is 0 Å². The highest BCUT2D eigenvalue weighted by atomic mass is 16.2. The number of nitrogens with zero attached hydrogens (tertiary/aromatic N) is 2. The van der Waals surface area contributed by atoms with Gasteiger partial charge in [0.05, 0.1) is 11.6 Å². The number of pyridine rings is 1. The van der Waals surface area contributed by atoms with Crippen molar-refractivity contribution in [3.05, 3.63) is 30.1 Å². The topological polar surface area (TPSA) is 59.2 Å². The summed E-state index contributed by atoms with van der Waals surface area (Å²) in [5.41, 5.74) is 7.28. The normalized spacial score (nSPS) is 32.7. The molecular formula is C14H19N3O. The molecule has 0 radical (unpaired) electrons. The molecule has 4 heteroatoms. The molecule has 0 aromatic carbocycles. The highest BCUT2D eigenvalue weighted by Gasteiger charge is 2.52. The second-order valence-corrected chi connectivity index (χ2v) is 5.54. The molecule has 1 atom stereocenters. The van der Waals surface area contributed by atoms with Crippen LogP contribution in [0.2, 0.25) is 0 Å². The SMILES string of the molecule is CN1C(=O)C2CCC1(C(N)c1cccnc1)CC2. The van der Waals surface area contributed by atoms with E-state index in [0.717, 1.165) is 31.2 Å². The largest absolute Gasteiger partial charge is 0.338 e. The lowest BCUT2D eigenvalue weighted by Gasteiger charge is -2.55. The Hall–Kier alpha value is -1.42. The number of rotatable bonds is 2. The molecular weight excluding hydrogens is 226 g/mol. The number of piperidine rings is 2. The third kappa shape index (κ3) is 1.48. The van der Waals surface area contributed by atoms with Crippen LogP contribution in [-0.4, -0.2) is 28.4 Å². The lowest BCUT2D eigenvalue weighted by molar-refractivity contribution is -0.155. The molecule has 3 heterocycles. The first-order valence-corrected chi connectivity index (χ1v) is 6.58. The van der Waals surface area contributed by atoms with Gasteiger partial charge >= 0.3 is 0 Å². The first-order chi connectivity index (χ1) is 8.65. The summed E-state index contributed by atoms with van der Waals surface area (Å²) in [5.74, 6) is 0.504. The van der Waals surface area contributed by atoms with Gasteiger partial charge in [0.1, 0.15) is 0 Å². The number of hydrogen-bond acceptors (Lipinski definition) is 3. The van der Waals surface area contributed by atoms with Crippen molar-refractivity contribution in [3.8, 4) is 0 Å². The number of likely N-dealkylation sites (N-methyl/N-ethyl adjacent to an activating group) is 1. The molecule has 1 saturated carbocycles. The fourth-order valence-electron chi connectivity index (χ4n) is 3.58. The van der Waals surface area contributed by atoms with E-state index in [-0.39, 0.29) is 23.4 Å². The van der Waals surface area contributed by atoms with Gasteiger partial charge in [-0.25, -0.2) is 0 Å². The summed E-state index contributed by atoms with van der Waals surface area (Å²) in [7, 11) is 1.91. The van der Waals surface area contributed by atoms with Gasteiger partial charge in [-0.2, -0.15) is 0 Å². The summed E-state index contributed by atoms with van der Waals surface area (Å²) in [4.78, 5) is 18.2. The number of aromatic nitrogens is 1. The molecule has 1 aromatic rings. The Balaban J connectivity index is 1.96. The summed E-state index contributed by atoms with van der Waals surface area (Å²) >= 11 is 0. The molecule has 1 unspecified atom stereocenters. The van der Waals surface area contributed by atoms with Crippen LogP contribution < -0.4 is 5.73 Å². The van der Waals surface area contributed by atoms with Gasteiger partial charge in [-0.3, -0.25) is 9.78 Å². The van der Waals surface area contributed by atoms with Gasteiger partial charge in [-0.05, 0) is 37.3 Å². The molecule has 3 fully saturated rings. The van der Waals surface area contributed by atoms with Gasteiger partial charge < -0.3 is 10.6 Å². The molecule has 3 aliphatic rings. The molecule has 4 nitrogen and oxygen atoms in total. The van der Waals surface area contributed by atoms with Crippen LogP contribution in [0, 0.1) is 5.92 Å². The van der Waals surface area contributed by atoms with E-state index in [9.17, 15) is 4.79 Å². The summed E-state index contributed by atoms with van der Waals surface area (Å²) < 4.78 is 0. The van der Waals surface area contributed by atoms with E-state index < -0.39 is 0 Å². The summed E-state index contributed by atoms with van der Waals surface area (Å²) in [6.07, 6.45) is 7.55. The van der Waals surface area contributed by atoms with Gasteiger partial charge in [0.2, 0.25) is 5.91 Å². The maximum Gasteiger partial charge on any atom is 0.225 e. The Morgan fingerprint density at radius 1 is 1.50 bits per heavy atom. The van der Waals surface area contributed by atoms with Crippen molar-refractivity contribution in [3.63, 3.8) is 0 Å². The summed E-state index contributed by atoms with van der Waals surface area (Å²) in [6, 6.07) is 3.77. The molecule has 2 saturated heterocycles. The molecule has 18 heavy (non-hydrogen) atoms. The van der Waals surface area contributed by atoms with Crippen LogP contribution in [0.25, 0.3) is 0 Å². The first-order valence-electron chi connectivity index (χ1n) is 6.58. The van der Waals surface area contributed by atoms with Crippen molar-refractivity contribution in [2.75, 3.05) is 7.05 Å². The Morgan fingerprint density at radius 3 is 2.83 bits per heavy atom. The molecule has 2 aliphatic heterocycles. The third-order valence-corrected chi connectivity index (χ3v) is 4.82. The van der Waals surface area contributed by atoms with E-state index >= 15 is 0 Å². The fourth-order valence-corrected chi connectivity index (χ4v) is 3.58. The van der Waals surface area contributed by atoms with Crippen molar-refractivity contribution in [2.45, 2.75) is 37.3 Å². The predicted molar refractivity (Wildman–Crippen MR) is 68.6 cm³/mol. The summed E-state index contributed by atoms with van der Waals surface area (Å²) in [6.45, 7) is 0. The van der Waals surface area contributed by atoms with E-state index in [0.29, 0.717) is 0 Å². The van der Waals surface area contributed by atoms with Crippen molar-refractivity contribution in [2.24, 2.45) is 11.7 Å². The summed E-state index contributed by atoms with van der Waals surface area (Å²) in [5, 5.41) is 0. The molecule has 0 spiro atoms. The lowest BCUT2D eigenvalue weighted by Crippen LogP contribution is -2.63. The average molecular weight is 245 g/mol. The van der Waals surface area contributed by atoms with Crippen molar-refractivity contribution < 1.29 is 4.79 Å². The Bertz CT molecular complexity index is 451. The van der Waals surface area contributed by atoms with E-state index in [1.807, 2.05) is 30.3 Å². The molecule has 2 bridgehead atoms. The van der Waals surface area contributed by atoms with Crippen molar-refractivity contribution >= 4 is 5.91 Å². The maximum atomic E-state index is 12.2. The second kappa shape index (κ2) is 4.05. The smallest absolute Gasteiger partial charge is 0.225 e. The monoisotopic (exact) mass is 245 g/mol. The molecule has 1 amide bonds. The number of amides is 1. The van der Waals surface area contributed by atoms with Gasteiger partial charge in [0, 0.05) is 25.4 Å². The first kappa shape index (κ1) is 11.7. The Labute approximate surface area is 107 Å². The fraction of sp³-hybridized carbons (Fsp3) is 0.571. The van der Waals surface area contributed by atoms with Crippen LogP contribution in [0.5, 0.6) is 0 Å². The van der Waals surface area contributed by atoms with Crippen molar-refractivity contribution in [1.29, 1.82) is 0 Å². The highest BCUT2D eigenvalue weighted by molar-refractivity contribution is 5.81. The number of fused-ring (bicyclic) bond motifs is 3. The molecule has 2 N–H and O–H groups in total. The van der Waals surface area contributed by atoms with E-state index in [4.69, 9.17) is 5.73 Å². The van der Waals surface area contributed by atoms with Crippen LogP contribution in [0.1, 0.15) is 37.3 Å². The predicted octanol–water partition coefficient (Wildman–Crippen LogP) is 1.48. The maximum absolute atomic E-state index is 12.2. The minimum atomic E-state index is -0.200. The van der Waals surface area contributed by atoms with Crippen LogP contribution in [0.3, 0.4) is 0 Å². The number of hydrogen-bond donors (Lipinski definition) is 1. The molecule has 1 aliphatic carbocycles. The van der Waals surface area contributed by atoms with E-state index in [1.165, 1.54) is 0 Å². The van der Waals surface area contributed by atoms with Crippen LogP contribution in [-0.2, 0) is 4.79 Å². The number of carbonyl (C=O) groups excluding carboxylic acids is 1. The lowest BCUT2D eigenvalue weighted by atomic mass is 9.66. The zero-order chi connectivity index (χ0) is 12.8. The highest BCUT2D eigenvalue weighted by Crippen LogP contribution is 2.48. The van der Waals surface area contributed by atoms with Crippen LogP contribution in [0.15, 0.2) is 24.5 Å². The van der Waals surface area contributed by atoms with Gasteiger partial charge in [-0.1, -0.05) is 6.07 Å². The molecule has 96 valence electrons. The van der Waals surface area contributed by atoms with Crippen LogP contribution in [0.4, 0.5) is 0 Å². The van der Waals surface area contributed by atoms with Crippen molar-refractivity contribution in [1.82, 2.24) is 9.88 Å². The number of nitrogens with two attached hydrogens (primary N) is 1. The minimum Gasteiger partial charge on any atom is -0.338 e. The quantitative estimate of drug-likeness (QED) is 0.858. The second-order valence-electron chi connectivity index (χ2n) is 5.54. The third-order valence-electron chi connectivity index (χ3n) is 4.82.